The fraction of sp³-hybridized carbons (Fsp3) is 0.362. The van der Waals surface area contributed by atoms with Crippen LogP contribution in [0.3, 0.4) is 0 Å². The largest absolute Gasteiger partial charge is 0.468 e. The smallest absolute Gasteiger partial charge is 0.297 e. The minimum atomic E-state index is -0.188. The molecule has 74 heavy (non-hydrogen) atoms. The van der Waals surface area contributed by atoms with Gasteiger partial charge in [0.1, 0.15) is 5.58 Å². The second-order valence-electron chi connectivity index (χ2n) is 27.2. The van der Waals surface area contributed by atoms with E-state index < -0.39 is 0 Å². The van der Waals surface area contributed by atoms with Crippen molar-refractivity contribution in [3.05, 3.63) is 178 Å². The summed E-state index contributed by atoms with van der Waals surface area (Å²) in [4.78, 5) is 7.82. The van der Waals surface area contributed by atoms with E-state index >= 15 is 0 Å². The summed E-state index contributed by atoms with van der Waals surface area (Å²) in [7, 11) is 0. The molecule has 0 radical (unpaired) electrons. The second kappa shape index (κ2) is 16.3. The highest BCUT2D eigenvalue weighted by Gasteiger charge is 2.51. The number of nitrogens with zero attached hydrogens (tertiary/aromatic N) is 3. The van der Waals surface area contributed by atoms with Crippen molar-refractivity contribution in [2.75, 3.05) is 14.7 Å². The topological polar surface area (TPSA) is 22.9 Å². The summed E-state index contributed by atoms with van der Waals surface area (Å²) in [5, 5.41) is 1.15. The van der Waals surface area contributed by atoms with E-state index in [1.54, 1.807) is 0 Å². The number of rotatable bonds is 5. The van der Waals surface area contributed by atoms with Gasteiger partial charge in [0.2, 0.25) is 0 Å². The molecule has 2 aliphatic carbocycles. The molecule has 0 spiro atoms. The van der Waals surface area contributed by atoms with E-state index in [0.717, 1.165) is 64.3 Å². The van der Waals surface area contributed by atoms with Crippen molar-refractivity contribution >= 4 is 85.5 Å². The Labute approximate surface area is 442 Å². The van der Waals surface area contributed by atoms with Gasteiger partial charge in [0.05, 0.1) is 17.0 Å². The van der Waals surface area contributed by atoms with E-state index in [1.165, 1.54) is 79.0 Å². The van der Waals surface area contributed by atoms with Gasteiger partial charge in [-0.1, -0.05) is 170 Å². The maximum atomic E-state index is 7.57. The van der Waals surface area contributed by atoms with Gasteiger partial charge in [-0.05, 0) is 182 Å². The van der Waals surface area contributed by atoms with E-state index in [1.807, 2.05) is 0 Å². The molecule has 376 valence electrons. The molecule has 4 nitrogen and oxygen atoms in total. The Bertz CT molecular complexity index is 3510. The summed E-state index contributed by atoms with van der Waals surface area (Å²) in [6.45, 7) is 35.9. The third-order valence-corrected chi connectivity index (χ3v) is 18.1. The van der Waals surface area contributed by atoms with Gasteiger partial charge >= 0.3 is 0 Å². The average Bonchev–Trinajstić information content (AvgIpc) is 3.75. The van der Waals surface area contributed by atoms with E-state index in [-0.39, 0.29) is 39.2 Å². The Balaban J connectivity index is 1.28. The van der Waals surface area contributed by atoms with Crippen molar-refractivity contribution in [3.63, 3.8) is 0 Å². The molecule has 8 aromatic rings. The Morgan fingerprint density at radius 1 is 0.486 bits per heavy atom. The van der Waals surface area contributed by atoms with Gasteiger partial charge in [-0.2, -0.15) is 0 Å². The first kappa shape index (κ1) is 48.5. The molecule has 5 heteroatoms. The molecular formula is C69H76BN3O. The van der Waals surface area contributed by atoms with Crippen LogP contribution in [0.25, 0.3) is 11.0 Å². The van der Waals surface area contributed by atoms with E-state index in [2.05, 4.69) is 258 Å². The van der Waals surface area contributed by atoms with Crippen molar-refractivity contribution < 1.29 is 4.42 Å². The number of anilines is 9. The molecule has 7 aromatic carbocycles. The number of furan rings is 1. The highest BCUT2D eigenvalue weighted by molar-refractivity contribution is 7.00. The van der Waals surface area contributed by atoms with Crippen LogP contribution in [0.2, 0.25) is 0 Å². The standard InChI is InChI=1S/C69H76BN3O/c1-43-38-52-53(68(12,13)35-34-67(52,10)11)42-55(43)73-57-41-49(71(46-22-18-16-19-23-46)47-24-20-17-21-25-47)40-56-60(57)70(54-32-31-51-59(62(54)73)69(14,15)37-36-66(51,8)9)63-61(50-39-45(65(5,6)7)28-33-58(50)74-63)72(56)48-29-26-44(27-30-48)64(2,3)4/h16-33,38-42H,34-37H2,1-15H3. The van der Waals surface area contributed by atoms with Crippen molar-refractivity contribution in [1.29, 1.82) is 0 Å². The Morgan fingerprint density at radius 2 is 1.01 bits per heavy atom. The van der Waals surface area contributed by atoms with Crippen LogP contribution in [0.4, 0.5) is 51.2 Å². The number of aryl methyl sites for hydroxylation is 1. The zero-order valence-electron chi connectivity index (χ0n) is 46.9. The third-order valence-electron chi connectivity index (χ3n) is 18.1. The maximum Gasteiger partial charge on any atom is 0.297 e. The van der Waals surface area contributed by atoms with Crippen LogP contribution in [0.5, 0.6) is 0 Å². The lowest BCUT2D eigenvalue weighted by Gasteiger charge is -2.50. The molecular weight excluding hydrogens is 898 g/mol. The molecule has 0 N–H and O–H groups in total. The monoisotopic (exact) mass is 974 g/mol. The van der Waals surface area contributed by atoms with Gasteiger partial charge in [-0.25, -0.2) is 0 Å². The van der Waals surface area contributed by atoms with Crippen molar-refractivity contribution in [2.45, 2.75) is 162 Å². The maximum absolute atomic E-state index is 7.57. The van der Waals surface area contributed by atoms with Gasteiger partial charge in [-0.15, -0.1) is 0 Å². The van der Waals surface area contributed by atoms with E-state index in [4.69, 9.17) is 4.42 Å². The Hall–Kier alpha value is -6.46. The number of benzene rings is 7. The molecule has 12 rings (SSSR count). The molecule has 4 aliphatic rings. The lowest BCUT2D eigenvalue weighted by molar-refractivity contribution is 0.331. The molecule has 0 saturated carbocycles. The lowest BCUT2D eigenvalue weighted by Crippen LogP contribution is -2.61. The average molecular weight is 974 g/mol. The quantitative estimate of drug-likeness (QED) is 0.160. The number of para-hydroxylation sites is 2. The van der Waals surface area contributed by atoms with Gasteiger partial charge in [0, 0.05) is 45.2 Å². The zero-order chi connectivity index (χ0) is 52.2. The van der Waals surface area contributed by atoms with E-state index in [9.17, 15) is 0 Å². The number of fused-ring (bicyclic) bond motifs is 9. The molecule has 0 saturated heterocycles. The molecule has 0 bridgehead atoms. The zero-order valence-corrected chi connectivity index (χ0v) is 46.9. The Kier molecular flexibility index (Phi) is 10.7. The third kappa shape index (κ3) is 7.44. The predicted octanol–water partition coefficient (Wildman–Crippen LogP) is 17.6. The first-order valence-electron chi connectivity index (χ1n) is 27.6. The fourth-order valence-corrected chi connectivity index (χ4v) is 13.5. The lowest BCUT2D eigenvalue weighted by atomic mass is 9.35. The van der Waals surface area contributed by atoms with Gasteiger partial charge in [0.25, 0.3) is 6.71 Å². The van der Waals surface area contributed by atoms with Crippen molar-refractivity contribution in [3.8, 4) is 0 Å². The van der Waals surface area contributed by atoms with Gasteiger partial charge < -0.3 is 19.1 Å². The van der Waals surface area contributed by atoms with Crippen LogP contribution in [-0.2, 0) is 32.5 Å². The predicted molar refractivity (Wildman–Crippen MR) is 318 cm³/mol. The molecule has 2 aliphatic heterocycles. The van der Waals surface area contributed by atoms with Crippen LogP contribution < -0.4 is 31.3 Å². The van der Waals surface area contributed by atoms with Crippen LogP contribution in [0.1, 0.15) is 162 Å². The van der Waals surface area contributed by atoms with Gasteiger partial charge in [0.15, 0.2) is 0 Å². The molecule has 3 heterocycles. The van der Waals surface area contributed by atoms with Crippen LogP contribution >= 0.6 is 0 Å². The molecule has 0 unspecified atom stereocenters. The highest BCUT2D eigenvalue weighted by Crippen LogP contribution is 2.57. The molecule has 0 fully saturated rings. The molecule has 0 amide bonds. The number of hydrogen-bond donors (Lipinski definition) is 0. The summed E-state index contributed by atoms with van der Waals surface area (Å²) in [5.74, 6) is 0. The summed E-state index contributed by atoms with van der Waals surface area (Å²) in [5.41, 5.74) is 24.7. The van der Waals surface area contributed by atoms with Crippen LogP contribution in [0, 0.1) is 6.92 Å². The van der Waals surface area contributed by atoms with Gasteiger partial charge in [-0.3, -0.25) is 0 Å². The van der Waals surface area contributed by atoms with Crippen molar-refractivity contribution in [1.82, 2.24) is 0 Å². The van der Waals surface area contributed by atoms with Crippen LogP contribution in [-0.4, -0.2) is 6.71 Å². The summed E-state index contributed by atoms with van der Waals surface area (Å²) < 4.78 is 7.57. The minimum absolute atomic E-state index is 0.00616. The molecule has 1 aromatic heterocycles. The van der Waals surface area contributed by atoms with E-state index in [0.29, 0.717) is 0 Å². The first-order valence-corrected chi connectivity index (χ1v) is 27.6. The number of hydrogen-bond acceptors (Lipinski definition) is 4. The Morgan fingerprint density at radius 3 is 1.59 bits per heavy atom. The first-order chi connectivity index (χ1) is 34.9. The summed E-state index contributed by atoms with van der Waals surface area (Å²) in [6.07, 6.45) is 4.56. The normalized spacial score (nSPS) is 17.8. The second-order valence-corrected chi connectivity index (χ2v) is 27.2. The van der Waals surface area contributed by atoms with Crippen molar-refractivity contribution in [2.24, 2.45) is 0 Å². The highest BCUT2D eigenvalue weighted by atomic mass is 16.3. The minimum Gasteiger partial charge on any atom is -0.468 e. The summed E-state index contributed by atoms with van der Waals surface area (Å²) in [6, 6.07) is 53.6. The van der Waals surface area contributed by atoms with Crippen LogP contribution in [0.15, 0.2) is 144 Å². The summed E-state index contributed by atoms with van der Waals surface area (Å²) >= 11 is 0. The SMILES string of the molecule is Cc1cc2c(cc1N1c3cc(N(c4ccccc4)c4ccccc4)cc4c3B(c3ccc5c(c31)C(C)(C)CCC5(C)C)c1oc3ccc(C(C)(C)C)cc3c1N4c1ccc(C(C)(C)C)cc1)C(C)(C)CCC2(C)C. The molecule has 0 atom stereocenters. The fourth-order valence-electron chi connectivity index (χ4n) is 13.5.